The first kappa shape index (κ1) is 16.1. The molecule has 1 aromatic carbocycles. The van der Waals surface area contributed by atoms with E-state index >= 15 is 0 Å². The molecular formula is C16H13F2N3O2S. The molecule has 0 radical (unpaired) electrons. The number of halogens is 2. The second kappa shape index (κ2) is 7.22. The number of amides is 1. The number of rotatable bonds is 6. The molecule has 8 heteroatoms. The number of anilines is 1. The number of nitrogens with zero attached hydrogens (tertiary/aromatic N) is 2. The summed E-state index contributed by atoms with van der Waals surface area (Å²) in [7, 11) is 0. The molecule has 0 saturated carbocycles. The number of carbonyl (C=O) groups is 1. The molecule has 0 aliphatic carbocycles. The van der Waals surface area contributed by atoms with Gasteiger partial charge in [0, 0.05) is 29.5 Å². The number of thiophene rings is 1. The molecule has 3 rings (SSSR count). The largest absolute Gasteiger partial charge is 0.486 e. The molecular weight excluding hydrogens is 336 g/mol. The molecule has 2 aromatic heterocycles. The number of imidazole rings is 1. The molecule has 0 aliphatic rings. The summed E-state index contributed by atoms with van der Waals surface area (Å²) >= 11 is 1.44. The van der Waals surface area contributed by atoms with Crippen LogP contribution in [0.3, 0.4) is 0 Å². The molecule has 0 atom stereocenters. The van der Waals surface area contributed by atoms with Gasteiger partial charge in [-0.25, -0.2) is 4.98 Å². The van der Waals surface area contributed by atoms with Crippen LogP contribution >= 0.6 is 11.3 Å². The highest BCUT2D eigenvalue weighted by Gasteiger charge is 2.12. The second-order valence-corrected chi connectivity index (χ2v) is 5.59. The van der Waals surface area contributed by atoms with E-state index in [-0.39, 0.29) is 18.3 Å². The molecule has 1 amide bonds. The molecule has 2 heterocycles. The summed E-state index contributed by atoms with van der Waals surface area (Å²) < 4.78 is 31.7. The van der Waals surface area contributed by atoms with Gasteiger partial charge in [0.25, 0.3) is 5.91 Å². The molecule has 0 bridgehead atoms. The number of alkyl halides is 2. The van der Waals surface area contributed by atoms with Gasteiger partial charge in [-0.15, -0.1) is 0 Å². The zero-order valence-corrected chi connectivity index (χ0v) is 13.2. The highest BCUT2D eigenvalue weighted by Crippen LogP contribution is 2.20. The maximum Gasteiger partial charge on any atom is 0.320 e. The second-order valence-electron chi connectivity index (χ2n) is 4.81. The molecule has 3 aromatic rings. The molecule has 0 fully saturated rings. The van der Waals surface area contributed by atoms with Crippen molar-refractivity contribution in [1.29, 1.82) is 0 Å². The van der Waals surface area contributed by atoms with Crippen molar-refractivity contribution in [2.75, 3.05) is 5.32 Å². The molecule has 0 spiro atoms. The van der Waals surface area contributed by atoms with Crippen LogP contribution in [0.4, 0.5) is 14.5 Å². The fourth-order valence-electron chi connectivity index (χ4n) is 2.04. The predicted molar refractivity (Wildman–Crippen MR) is 86.5 cm³/mol. The van der Waals surface area contributed by atoms with Crippen LogP contribution in [0.2, 0.25) is 0 Å². The van der Waals surface area contributed by atoms with E-state index in [0.29, 0.717) is 17.0 Å². The molecule has 0 unspecified atom stereocenters. The van der Waals surface area contributed by atoms with Crippen molar-refractivity contribution in [2.45, 2.75) is 13.2 Å². The summed E-state index contributed by atoms with van der Waals surface area (Å²) in [5, 5.41) is 6.32. The Kier molecular flexibility index (Phi) is 4.85. The monoisotopic (exact) mass is 349 g/mol. The van der Waals surface area contributed by atoms with E-state index in [0.717, 1.165) is 4.57 Å². The maximum atomic E-state index is 12.7. The Bertz CT molecular complexity index is 818. The van der Waals surface area contributed by atoms with Gasteiger partial charge in [-0.05, 0) is 23.6 Å². The number of carbonyl (C=O) groups excluding carboxylic acids is 1. The fraction of sp³-hybridized carbons (Fsp3) is 0.125. The van der Waals surface area contributed by atoms with Crippen molar-refractivity contribution in [3.63, 3.8) is 0 Å². The molecule has 0 aliphatic heterocycles. The summed E-state index contributed by atoms with van der Waals surface area (Å²) in [4.78, 5) is 15.9. The average molecular weight is 349 g/mol. The third kappa shape index (κ3) is 3.77. The first-order valence-electron chi connectivity index (χ1n) is 7.00. The van der Waals surface area contributed by atoms with Crippen molar-refractivity contribution in [3.8, 4) is 5.75 Å². The van der Waals surface area contributed by atoms with E-state index in [4.69, 9.17) is 4.74 Å². The predicted octanol–water partition coefficient (Wildman–Crippen LogP) is 4.17. The smallest absolute Gasteiger partial charge is 0.320 e. The van der Waals surface area contributed by atoms with Crippen LogP contribution in [-0.4, -0.2) is 15.5 Å². The van der Waals surface area contributed by atoms with Gasteiger partial charge in [0.1, 0.15) is 12.4 Å². The van der Waals surface area contributed by atoms with E-state index in [1.54, 1.807) is 35.7 Å². The van der Waals surface area contributed by atoms with Crippen molar-refractivity contribution >= 4 is 22.9 Å². The minimum Gasteiger partial charge on any atom is -0.486 e. The van der Waals surface area contributed by atoms with Crippen LogP contribution in [0, 0.1) is 0 Å². The normalized spacial score (nSPS) is 10.8. The lowest BCUT2D eigenvalue weighted by atomic mass is 10.2. The van der Waals surface area contributed by atoms with Crippen LogP contribution in [0.5, 0.6) is 5.75 Å². The average Bonchev–Trinajstić information content (AvgIpc) is 3.25. The van der Waals surface area contributed by atoms with E-state index in [1.807, 2.05) is 5.38 Å². The third-order valence-corrected chi connectivity index (χ3v) is 3.89. The minimum absolute atomic E-state index is 0.0979. The minimum atomic E-state index is -2.66. The quantitative estimate of drug-likeness (QED) is 0.727. The van der Waals surface area contributed by atoms with Crippen molar-refractivity contribution in [1.82, 2.24) is 9.55 Å². The Balaban J connectivity index is 1.65. The first-order valence-corrected chi connectivity index (χ1v) is 7.94. The van der Waals surface area contributed by atoms with Crippen molar-refractivity contribution in [3.05, 3.63) is 64.9 Å². The maximum absolute atomic E-state index is 12.7. The lowest BCUT2D eigenvalue weighted by Crippen LogP contribution is -2.11. The van der Waals surface area contributed by atoms with Crippen molar-refractivity contribution < 1.29 is 18.3 Å². The Labute approximate surface area is 140 Å². The lowest BCUT2D eigenvalue weighted by molar-refractivity contribution is 0.0632. The van der Waals surface area contributed by atoms with E-state index in [2.05, 4.69) is 10.3 Å². The number of benzene rings is 1. The van der Waals surface area contributed by atoms with Crippen LogP contribution in [0.15, 0.2) is 53.5 Å². The Morgan fingerprint density at radius 3 is 3.00 bits per heavy atom. The van der Waals surface area contributed by atoms with Gasteiger partial charge in [-0.1, -0.05) is 6.07 Å². The Morgan fingerprint density at radius 1 is 1.38 bits per heavy atom. The van der Waals surface area contributed by atoms with Gasteiger partial charge in [-0.2, -0.15) is 20.1 Å². The third-order valence-electron chi connectivity index (χ3n) is 3.20. The number of aromatic nitrogens is 2. The molecule has 124 valence electrons. The summed E-state index contributed by atoms with van der Waals surface area (Å²) in [6, 6.07) is 8.45. The number of nitrogens with one attached hydrogen (secondary N) is 1. The van der Waals surface area contributed by atoms with Gasteiger partial charge >= 0.3 is 6.55 Å². The van der Waals surface area contributed by atoms with Crippen LogP contribution in [0.1, 0.15) is 22.7 Å². The van der Waals surface area contributed by atoms with Crippen LogP contribution in [0.25, 0.3) is 0 Å². The van der Waals surface area contributed by atoms with E-state index in [9.17, 15) is 13.6 Å². The number of hydrogen-bond donors (Lipinski definition) is 1. The lowest BCUT2D eigenvalue weighted by Gasteiger charge is -2.10. The van der Waals surface area contributed by atoms with Gasteiger partial charge < -0.3 is 10.1 Å². The highest BCUT2D eigenvalue weighted by molar-refractivity contribution is 7.08. The fourth-order valence-corrected chi connectivity index (χ4v) is 2.68. The van der Waals surface area contributed by atoms with E-state index < -0.39 is 6.55 Å². The van der Waals surface area contributed by atoms with Gasteiger partial charge in [0.2, 0.25) is 0 Å². The van der Waals surface area contributed by atoms with E-state index in [1.165, 1.54) is 23.7 Å². The topological polar surface area (TPSA) is 56.1 Å². The van der Waals surface area contributed by atoms with Gasteiger partial charge in [0.15, 0.2) is 5.82 Å². The number of ether oxygens (including phenoxy) is 1. The standard InChI is InChI=1S/C16H13F2N3O2S/c17-16(18)21-6-5-19-14(21)9-23-13-3-1-2-12(8-13)20-15(22)11-4-7-24-10-11/h1-8,10,16H,9H2,(H,20,22). The summed E-state index contributed by atoms with van der Waals surface area (Å²) in [5.74, 6) is 0.348. The zero-order valence-electron chi connectivity index (χ0n) is 12.4. The molecule has 24 heavy (non-hydrogen) atoms. The summed E-state index contributed by atoms with van der Waals surface area (Å²) in [6.07, 6.45) is 2.49. The zero-order chi connectivity index (χ0) is 16.9. The Hall–Kier alpha value is -2.74. The van der Waals surface area contributed by atoms with Crippen LogP contribution < -0.4 is 10.1 Å². The van der Waals surface area contributed by atoms with Gasteiger partial charge in [-0.3, -0.25) is 9.36 Å². The molecule has 1 N–H and O–H groups in total. The first-order chi connectivity index (χ1) is 11.6. The summed E-state index contributed by atoms with van der Waals surface area (Å²) in [5.41, 5.74) is 1.13. The highest BCUT2D eigenvalue weighted by atomic mass is 32.1. The summed E-state index contributed by atoms with van der Waals surface area (Å²) in [6.45, 7) is -2.76. The van der Waals surface area contributed by atoms with Crippen LogP contribution in [-0.2, 0) is 6.61 Å². The SMILES string of the molecule is O=C(Nc1cccc(OCc2nccn2C(F)F)c1)c1ccsc1. The number of hydrogen-bond acceptors (Lipinski definition) is 4. The van der Waals surface area contributed by atoms with Gasteiger partial charge in [0.05, 0.1) is 5.56 Å². The Morgan fingerprint density at radius 2 is 2.25 bits per heavy atom. The molecule has 0 saturated heterocycles. The molecule has 5 nitrogen and oxygen atoms in total. The van der Waals surface area contributed by atoms with Crippen molar-refractivity contribution in [2.24, 2.45) is 0 Å².